The molecule has 0 aliphatic heterocycles. The van der Waals surface area contributed by atoms with Gasteiger partial charge in [-0.2, -0.15) is 5.10 Å². The molecule has 29 heavy (non-hydrogen) atoms. The van der Waals surface area contributed by atoms with Crippen LogP contribution >= 0.6 is 0 Å². The van der Waals surface area contributed by atoms with E-state index in [1.807, 2.05) is 53.7 Å². The maximum Gasteiger partial charge on any atom is 0.349 e. The van der Waals surface area contributed by atoms with Crippen LogP contribution in [0.25, 0.3) is 10.9 Å². The van der Waals surface area contributed by atoms with Crippen molar-refractivity contribution in [3.8, 4) is 5.75 Å². The molecule has 0 saturated heterocycles. The minimum atomic E-state index is -0.601. The molecular formula is C23H27N3O3. The molecule has 3 rings (SSSR count). The highest BCUT2D eigenvalue weighted by atomic mass is 16.3. The molecule has 0 fully saturated rings. The Bertz CT molecular complexity index is 1180. The van der Waals surface area contributed by atoms with Crippen LogP contribution in [0.1, 0.15) is 58.2 Å². The van der Waals surface area contributed by atoms with Crippen molar-refractivity contribution >= 4 is 17.1 Å². The molecule has 3 aromatic rings. The molecule has 2 aromatic carbocycles. The van der Waals surface area contributed by atoms with Crippen LogP contribution in [0.15, 0.2) is 51.1 Å². The lowest BCUT2D eigenvalue weighted by molar-refractivity contribution is 0.423. The first kappa shape index (κ1) is 20.6. The van der Waals surface area contributed by atoms with Crippen molar-refractivity contribution in [1.29, 1.82) is 0 Å². The van der Waals surface area contributed by atoms with Crippen LogP contribution in [0, 0.1) is 0 Å². The smallest absolute Gasteiger partial charge is 0.349 e. The van der Waals surface area contributed by atoms with E-state index in [2.05, 4.69) is 10.1 Å². The average Bonchev–Trinajstić information content (AvgIpc) is 2.60. The third kappa shape index (κ3) is 4.01. The molecule has 0 spiro atoms. The van der Waals surface area contributed by atoms with E-state index in [4.69, 9.17) is 0 Å². The zero-order chi connectivity index (χ0) is 21.6. The van der Waals surface area contributed by atoms with Crippen molar-refractivity contribution in [1.82, 2.24) is 9.66 Å². The van der Waals surface area contributed by atoms with E-state index in [1.54, 1.807) is 24.3 Å². The standard InChI is InChI=1S/C23H27N3O3/c1-22(2,3)16-11-14(12-17(19(16)27)23(4,5)6)13-24-26-20(28)15-9-7-8-10-18(15)25-21(26)29/h7-13,27H,1-6H3,(H,25,29)/b24-13+. The Hall–Kier alpha value is -3.15. The van der Waals surface area contributed by atoms with Gasteiger partial charge in [-0.3, -0.25) is 4.79 Å². The van der Waals surface area contributed by atoms with Crippen LogP contribution in [0.3, 0.4) is 0 Å². The maximum absolute atomic E-state index is 12.7. The molecule has 1 heterocycles. The van der Waals surface area contributed by atoms with Gasteiger partial charge >= 0.3 is 5.69 Å². The molecule has 2 N–H and O–H groups in total. The summed E-state index contributed by atoms with van der Waals surface area (Å²) in [6.07, 6.45) is 1.48. The Balaban J connectivity index is 2.18. The number of hydrogen-bond donors (Lipinski definition) is 2. The Morgan fingerprint density at radius 1 is 0.966 bits per heavy atom. The van der Waals surface area contributed by atoms with Crippen molar-refractivity contribution in [3.05, 3.63) is 73.9 Å². The summed E-state index contributed by atoms with van der Waals surface area (Å²) in [6, 6.07) is 10.5. The molecule has 0 atom stereocenters. The molecule has 0 unspecified atom stereocenters. The molecule has 152 valence electrons. The van der Waals surface area contributed by atoms with Crippen LogP contribution in [-0.4, -0.2) is 21.0 Å². The van der Waals surface area contributed by atoms with Crippen LogP contribution < -0.4 is 11.2 Å². The molecular weight excluding hydrogens is 366 g/mol. The van der Waals surface area contributed by atoms with Gasteiger partial charge in [0.1, 0.15) is 5.75 Å². The Labute approximate surface area is 169 Å². The third-order valence-corrected chi connectivity index (χ3v) is 4.85. The van der Waals surface area contributed by atoms with E-state index in [9.17, 15) is 14.7 Å². The lowest BCUT2D eigenvalue weighted by Gasteiger charge is -2.27. The van der Waals surface area contributed by atoms with Gasteiger partial charge in [-0.1, -0.05) is 53.7 Å². The van der Waals surface area contributed by atoms with Gasteiger partial charge in [0.2, 0.25) is 0 Å². The van der Waals surface area contributed by atoms with Crippen LogP contribution in [0.5, 0.6) is 5.75 Å². The molecule has 0 aliphatic carbocycles. The van der Waals surface area contributed by atoms with Crippen molar-refractivity contribution < 1.29 is 5.11 Å². The fraction of sp³-hybridized carbons (Fsp3) is 0.348. The van der Waals surface area contributed by atoms with Gasteiger partial charge in [0, 0.05) is 11.1 Å². The van der Waals surface area contributed by atoms with Crippen molar-refractivity contribution in [3.63, 3.8) is 0 Å². The summed E-state index contributed by atoms with van der Waals surface area (Å²) in [5, 5.41) is 15.4. The molecule has 6 nitrogen and oxygen atoms in total. The molecule has 0 bridgehead atoms. The lowest BCUT2D eigenvalue weighted by Crippen LogP contribution is -2.32. The number of nitrogens with zero attached hydrogens (tertiary/aromatic N) is 2. The number of fused-ring (bicyclic) bond motifs is 1. The lowest BCUT2D eigenvalue weighted by atomic mass is 9.78. The fourth-order valence-electron chi connectivity index (χ4n) is 3.26. The van der Waals surface area contributed by atoms with Gasteiger partial charge in [0.05, 0.1) is 17.1 Å². The second-order valence-electron chi connectivity index (χ2n) is 9.30. The van der Waals surface area contributed by atoms with E-state index in [-0.39, 0.29) is 16.6 Å². The normalized spacial score (nSPS) is 12.8. The first-order valence-corrected chi connectivity index (χ1v) is 9.56. The fourth-order valence-corrected chi connectivity index (χ4v) is 3.26. The molecule has 0 aliphatic rings. The Kier molecular flexibility index (Phi) is 4.99. The number of H-pyrrole nitrogens is 1. The molecule has 0 amide bonds. The highest BCUT2D eigenvalue weighted by molar-refractivity contribution is 5.82. The van der Waals surface area contributed by atoms with Gasteiger partial charge < -0.3 is 10.1 Å². The monoisotopic (exact) mass is 393 g/mol. The number of aromatic amines is 1. The number of rotatable bonds is 2. The second-order valence-corrected chi connectivity index (χ2v) is 9.30. The summed E-state index contributed by atoms with van der Waals surface area (Å²) in [7, 11) is 0. The van der Waals surface area contributed by atoms with Gasteiger partial charge in [0.15, 0.2) is 0 Å². The minimum absolute atomic E-state index is 0.267. The summed E-state index contributed by atoms with van der Waals surface area (Å²) in [6.45, 7) is 12.1. The first-order valence-electron chi connectivity index (χ1n) is 9.56. The van der Waals surface area contributed by atoms with Crippen LogP contribution in [-0.2, 0) is 10.8 Å². The SMILES string of the molecule is CC(C)(C)c1cc(/C=N/n2c(=O)[nH]c3ccccc3c2=O)cc(C(C)(C)C)c1O. The molecule has 1 aromatic heterocycles. The number of para-hydroxylation sites is 1. The quantitative estimate of drug-likeness (QED) is 0.648. The highest BCUT2D eigenvalue weighted by Crippen LogP contribution is 2.39. The highest BCUT2D eigenvalue weighted by Gasteiger charge is 2.26. The molecule has 6 heteroatoms. The van der Waals surface area contributed by atoms with Gasteiger partial charge in [-0.05, 0) is 40.7 Å². The van der Waals surface area contributed by atoms with Gasteiger partial charge in [0.25, 0.3) is 5.56 Å². The number of nitrogens with one attached hydrogen (secondary N) is 1. The predicted octanol–water partition coefficient (Wildman–Crippen LogP) is 3.87. The third-order valence-electron chi connectivity index (χ3n) is 4.85. The number of phenolic OH excluding ortho intramolecular Hbond substituents is 1. The summed E-state index contributed by atoms with van der Waals surface area (Å²) >= 11 is 0. The van der Waals surface area contributed by atoms with Crippen molar-refractivity contribution in [2.24, 2.45) is 5.10 Å². The number of aromatic nitrogens is 2. The number of phenols is 1. The minimum Gasteiger partial charge on any atom is -0.507 e. The van der Waals surface area contributed by atoms with E-state index >= 15 is 0 Å². The summed E-state index contributed by atoms with van der Waals surface area (Å²) in [5.41, 5.74) is 1.09. The second kappa shape index (κ2) is 7.03. The predicted molar refractivity (Wildman–Crippen MR) is 117 cm³/mol. The van der Waals surface area contributed by atoms with E-state index < -0.39 is 11.2 Å². The summed E-state index contributed by atoms with van der Waals surface area (Å²) in [4.78, 5) is 27.7. The van der Waals surface area contributed by atoms with E-state index in [1.165, 1.54) is 6.21 Å². The Morgan fingerprint density at radius 3 is 2.07 bits per heavy atom. The number of benzene rings is 2. The van der Waals surface area contributed by atoms with Crippen LogP contribution in [0.2, 0.25) is 0 Å². The maximum atomic E-state index is 12.7. The zero-order valence-electron chi connectivity index (χ0n) is 17.7. The number of aromatic hydroxyl groups is 1. The van der Waals surface area contributed by atoms with Gasteiger partial charge in [-0.25, -0.2) is 4.79 Å². The largest absolute Gasteiger partial charge is 0.507 e. The topological polar surface area (TPSA) is 87.5 Å². The molecule has 0 saturated carbocycles. The summed E-state index contributed by atoms with van der Waals surface area (Å²) in [5.74, 6) is 0.267. The van der Waals surface area contributed by atoms with Crippen LogP contribution in [0.4, 0.5) is 0 Å². The van der Waals surface area contributed by atoms with Crippen molar-refractivity contribution in [2.75, 3.05) is 0 Å². The summed E-state index contributed by atoms with van der Waals surface area (Å²) < 4.78 is 0.822. The average molecular weight is 393 g/mol. The number of hydrogen-bond acceptors (Lipinski definition) is 4. The Morgan fingerprint density at radius 2 is 1.52 bits per heavy atom. The van der Waals surface area contributed by atoms with Crippen molar-refractivity contribution in [2.45, 2.75) is 52.4 Å². The van der Waals surface area contributed by atoms with E-state index in [0.29, 0.717) is 16.5 Å². The van der Waals surface area contributed by atoms with Gasteiger partial charge in [-0.15, -0.1) is 4.68 Å². The molecule has 0 radical (unpaired) electrons. The first-order chi connectivity index (χ1) is 13.4. The van der Waals surface area contributed by atoms with E-state index in [0.717, 1.165) is 15.8 Å². The zero-order valence-corrected chi connectivity index (χ0v) is 17.7.